The van der Waals surface area contributed by atoms with E-state index in [0.29, 0.717) is 25.9 Å². The van der Waals surface area contributed by atoms with Gasteiger partial charge in [0.1, 0.15) is 5.75 Å². The lowest BCUT2D eigenvalue weighted by molar-refractivity contribution is -0.139. The number of halogens is 3. The van der Waals surface area contributed by atoms with Crippen molar-refractivity contribution in [3.63, 3.8) is 0 Å². The van der Waals surface area contributed by atoms with E-state index in [2.05, 4.69) is 5.32 Å². The summed E-state index contributed by atoms with van der Waals surface area (Å²) in [6.45, 7) is 1.29. The molecule has 7 heteroatoms. The van der Waals surface area contributed by atoms with Gasteiger partial charge in [0.05, 0.1) is 12.2 Å². The highest BCUT2D eigenvalue weighted by Crippen LogP contribution is 2.35. The molecular weight excluding hydrogens is 287 g/mol. The number of alkyl halides is 3. The van der Waals surface area contributed by atoms with E-state index < -0.39 is 17.7 Å². The third-order valence-corrected chi connectivity index (χ3v) is 2.69. The molecule has 0 aliphatic rings. The summed E-state index contributed by atoms with van der Waals surface area (Å²) in [6.07, 6.45) is -3.26. The van der Waals surface area contributed by atoms with Gasteiger partial charge in [0.2, 0.25) is 0 Å². The van der Waals surface area contributed by atoms with Crippen LogP contribution in [-0.4, -0.2) is 30.8 Å². The molecule has 118 valence electrons. The second kappa shape index (κ2) is 8.51. The van der Waals surface area contributed by atoms with Crippen molar-refractivity contribution in [1.29, 1.82) is 0 Å². The van der Waals surface area contributed by atoms with E-state index in [9.17, 15) is 18.0 Å². The average molecular weight is 305 g/mol. The Morgan fingerprint density at radius 1 is 1.19 bits per heavy atom. The molecule has 1 aromatic carbocycles. The maximum atomic E-state index is 12.7. The lowest BCUT2D eigenvalue weighted by Gasteiger charge is -2.13. The predicted octanol–water partition coefficient (Wildman–Crippen LogP) is 2.93. The number of carboxylic acids is 1. The van der Waals surface area contributed by atoms with Gasteiger partial charge in [0.25, 0.3) is 0 Å². The highest BCUT2D eigenvalue weighted by Gasteiger charge is 2.33. The molecule has 0 spiro atoms. The van der Waals surface area contributed by atoms with Crippen LogP contribution in [0.15, 0.2) is 24.3 Å². The van der Waals surface area contributed by atoms with Gasteiger partial charge in [-0.3, -0.25) is 4.79 Å². The molecule has 0 aliphatic carbocycles. The Kier molecular flexibility index (Phi) is 7.01. The molecule has 21 heavy (non-hydrogen) atoms. The largest absolute Gasteiger partial charge is 0.493 e. The van der Waals surface area contributed by atoms with Crippen molar-refractivity contribution in [3.8, 4) is 5.75 Å². The molecule has 0 saturated heterocycles. The van der Waals surface area contributed by atoms with Crippen LogP contribution in [0.5, 0.6) is 5.75 Å². The molecule has 0 radical (unpaired) electrons. The number of hydrogen-bond donors (Lipinski definition) is 2. The molecule has 4 nitrogen and oxygen atoms in total. The van der Waals surface area contributed by atoms with Gasteiger partial charge in [-0.25, -0.2) is 0 Å². The number of ether oxygens (including phenoxy) is 1. The van der Waals surface area contributed by atoms with Gasteiger partial charge >= 0.3 is 12.1 Å². The standard InChI is InChI=1S/C14H18F3NO3/c15-14(16,17)11-5-1-2-6-12(11)21-10-4-9-18-8-3-7-13(19)20/h1-2,5-6,18H,3-4,7-10H2,(H,19,20). The number of nitrogens with one attached hydrogen (secondary N) is 1. The summed E-state index contributed by atoms with van der Waals surface area (Å²) >= 11 is 0. The minimum absolute atomic E-state index is 0.0997. The van der Waals surface area contributed by atoms with Gasteiger partial charge in [0, 0.05) is 6.42 Å². The lowest BCUT2D eigenvalue weighted by Crippen LogP contribution is -2.19. The van der Waals surface area contributed by atoms with E-state index in [-0.39, 0.29) is 18.8 Å². The predicted molar refractivity (Wildman–Crippen MR) is 71.3 cm³/mol. The molecule has 0 amide bonds. The van der Waals surface area contributed by atoms with Gasteiger partial charge in [-0.2, -0.15) is 13.2 Å². The molecule has 0 unspecified atom stereocenters. The fourth-order valence-corrected chi connectivity index (χ4v) is 1.70. The Bertz CT molecular complexity index is 449. The van der Waals surface area contributed by atoms with E-state index >= 15 is 0 Å². The SMILES string of the molecule is O=C(O)CCCNCCCOc1ccccc1C(F)(F)F. The summed E-state index contributed by atoms with van der Waals surface area (Å²) in [6, 6.07) is 5.09. The van der Waals surface area contributed by atoms with Crippen LogP contribution in [0.3, 0.4) is 0 Å². The normalized spacial score (nSPS) is 11.4. The highest BCUT2D eigenvalue weighted by atomic mass is 19.4. The molecule has 0 atom stereocenters. The Morgan fingerprint density at radius 3 is 2.52 bits per heavy atom. The maximum absolute atomic E-state index is 12.7. The minimum atomic E-state index is -4.42. The first kappa shape index (κ1) is 17.3. The van der Waals surface area contributed by atoms with E-state index in [1.165, 1.54) is 18.2 Å². The van der Waals surface area contributed by atoms with Gasteiger partial charge in [0.15, 0.2) is 0 Å². The second-order valence-electron chi connectivity index (χ2n) is 4.44. The molecule has 1 rings (SSSR count). The molecule has 0 bridgehead atoms. The first-order valence-corrected chi connectivity index (χ1v) is 6.63. The van der Waals surface area contributed by atoms with Crippen molar-refractivity contribution in [2.45, 2.75) is 25.4 Å². The van der Waals surface area contributed by atoms with Crippen molar-refractivity contribution in [2.24, 2.45) is 0 Å². The van der Waals surface area contributed by atoms with Gasteiger partial charge in [-0.15, -0.1) is 0 Å². The van der Waals surface area contributed by atoms with Crippen molar-refractivity contribution in [2.75, 3.05) is 19.7 Å². The second-order valence-corrected chi connectivity index (χ2v) is 4.44. The fraction of sp³-hybridized carbons (Fsp3) is 0.500. The summed E-state index contributed by atoms with van der Waals surface area (Å²) in [5, 5.41) is 11.4. The number of rotatable bonds is 9. The number of para-hydroxylation sites is 1. The molecule has 2 N–H and O–H groups in total. The first-order valence-electron chi connectivity index (χ1n) is 6.63. The Hall–Kier alpha value is -1.76. The Balaban J connectivity index is 2.23. The monoisotopic (exact) mass is 305 g/mol. The first-order chi connectivity index (χ1) is 9.91. The lowest BCUT2D eigenvalue weighted by atomic mass is 10.2. The zero-order valence-corrected chi connectivity index (χ0v) is 11.4. The molecular formula is C14H18F3NO3. The summed E-state index contributed by atoms with van der Waals surface area (Å²) in [5.41, 5.74) is -0.778. The average Bonchev–Trinajstić information content (AvgIpc) is 2.41. The number of carbonyl (C=O) groups is 1. The smallest absolute Gasteiger partial charge is 0.419 e. The number of carboxylic acid groups (broad SMARTS) is 1. The quantitative estimate of drug-likeness (QED) is 0.689. The molecule has 1 aromatic rings. The fourth-order valence-electron chi connectivity index (χ4n) is 1.70. The summed E-state index contributed by atoms with van der Waals surface area (Å²) in [4.78, 5) is 10.3. The van der Waals surface area contributed by atoms with E-state index in [0.717, 1.165) is 6.07 Å². The van der Waals surface area contributed by atoms with E-state index in [4.69, 9.17) is 9.84 Å². The minimum Gasteiger partial charge on any atom is -0.493 e. The van der Waals surface area contributed by atoms with E-state index in [1.54, 1.807) is 0 Å². The third kappa shape index (κ3) is 6.99. The summed E-state index contributed by atoms with van der Waals surface area (Å²) in [5.74, 6) is -1.01. The third-order valence-electron chi connectivity index (χ3n) is 2.69. The van der Waals surface area contributed by atoms with Crippen LogP contribution in [0, 0.1) is 0 Å². The van der Waals surface area contributed by atoms with Crippen LogP contribution in [0.4, 0.5) is 13.2 Å². The van der Waals surface area contributed by atoms with Crippen molar-refractivity contribution in [1.82, 2.24) is 5.32 Å². The van der Waals surface area contributed by atoms with Crippen molar-refractivity contribution in [3.05, 3.63) is 29.8 Å². The van der Waals surface area contributed by atoms with Gasteiger partial charge in [-0.1, -0.05) is 12.1 Å². The van der Waals surface area contributed by atoms with Crippen molar-refractivity contribution < 1.29 is 27.8 Å². The van der Waals surface area contributed by atoms with Crippen LogP contribution in [0.25, 0.3) is 0 Å². The molecule has 0 fully saturated rings. The van der Waals surface area contributed by atoms with Gasteiger partial charge in [-0.05, 0) is 38.1 Å². The number of hydrogen-bond acceptors (Lipinski definition) is 3. The molecule has 0 heterocycles. The highest BCUT2D eigenvalue weighted by molar-refractivity contribution is 5.66. The van der Waals surface area contributed by atoms with Crippen molar-refractivity contribution >= 4 is 5.97 Å². The number of aliphatic carboxylic acids is 1. The van der Waals surface area contributed by atoms with Crippen LogP contribution in [-0.2, 0) is 11.0 Å². The van der Waals surface area contributed by atoms with E-state index in [1.807, 2.05) is 0 Å². The van der Waals surface area contributed by atoms with Crippen LogP contribution in [0.1, 0.15) is 24.8 Å². The topological polar surface area (TPSA) is 58.6 Å². The summed E-state index contributed by atoms with van der Waals surface area (Å²) in [7, 11) is 0. The molecule has 0 aromatic heterocycles. The van der Waals surface area contributed by atoms with Crippen LogP contribution >= 0.6 is 0 Å². The Labute approximate surface area is 120 Å². The summed E-state index contributed by atoms with van der Waals surface area (Å²) < 4.78 is 43.2. The van der Waals surface area contributed by atoms with Crippen LogP contribution < -0.4 is 10.1 Å². The Morgan fingerprint density at radius 2 is 1.86 bits per heavy atom. The zero-order chi connectivity index (χ0) is 15.7. The van der Waals surface area contributed by atoms with Crippen LogP contribution in [0.2, 0.25) is 0 Å². The zero-order valence-electron chi connectivity index (χ0n) is 11.4. The molecule has 0 saturated carbocycles. The number of benzene rings is 1. The molecule has 0 aliphatic heterocycles. The van der Waals surface area contributed by atoms with Gasteiger partial charge < -0.3 is 15.2 Å². The maximum Gasteiger partial charge on any atom is 0.419 e.